The molecular formula is C12H17NO5S. The van der Waals surface area contributed by atoms with Crippen molar-refractivity contribution in [2.75, 3.05) is 12.3 Å². The van der Waals surface area contributed by atoms with Gasteiger partial charge in [0.2, 0.25) is 0 Å². The van der Waals surface area contributed by atoms with Gasteiger partial charge in [0.25, 0.3) is 10.1 Å². The van der Waals surface area contributed by atoms with Crippen LogP contribution in [0.3, 0.4) is 0 Å². The van der Waals surface area contributed by atoms with Crippen molar-refractivity contribution in [3.05, 3.63) is 23.8 Å². The highest BCUT2D eigenvalue weighted by atomic mass is 32.2. The first-order chi connectivity index (χ1) is 8.86. The van der Waals surface area contributed by atoms with Crippen molar-refractivity contribution in [1.29, 1.82) is 0 Å². The van der Waals surface area contributed by atoms with Crippen molar-refractivity contribution >= 4 is 21.8 Å². The monoisotopic (exact) mass is 287 g/mol. The van der Waals surface area contributed by atoms with E-state index >= 15 is 0 Å². The Hall–Kier alpha value is -1.60. The van der Waals surface area contributed by atoms with Gasteiger partial charge in [-0.3, -0.25) is 4.55 Å². The number of anilines is 1. The second-order valence-corrected chi connectivity index (χ2v) is 5.46. The van der Waals surface area contributed by atoms with Crippen LogP contribution in [0.4, 0.5) is 5.69 Å². The van der Waals surface area contributed by atoms with Crippen LogP contribution in [0.15, 0.2) is 23.1 Å². The Kier molecular flexibility index (Phi) is 5.31. The van der Waals surface area contributed by atoms with Crippen LogP contribution in [0.25, 0.3) is 0 Å². The minimum Gasteiger partial charge on any atom is -0.462 e. The number of carbonyl (C=O) groups excluding carboxylic acids is 1. The predicted octanol–water partition coefficient (Wildman–Crippen LogP) is 1.86. The highest BCUT2D eigenvalue weighted by Gasteiger charge is 2.21. The lowest BCUT2D eigenvalue weighted by Crippen LogP contribution is -2.13. The van der Waals surface area contributed by atoms with Gasteiger partial charge in [0.1, 0.15) is 4.90 Å². The maximum atomic E-state index is 11.8. The number of hydrogen-bond acceptors (Lipinski definition) is 5. The molecule has 0 amide bonds. The quantitative estimate of drug-likeness (QED) is 0.358. The summed E-state index contributed by atoms with van der Waals surface area (Å²) >= 11 is 0. The zero-order valence-electron chi connectivity index (χ0n) is 10.6. The molecule has 1 rings (SSSR count). The van der Waals surface area contributed by atoms with E-state index in [-0.39, 0.29) is 17.9 Å². The number of esters is 1. The first-order valence-electron chi connectivity index (χ1n) is 5.90. The Balaban J connectivity index is 2.92. The summed E-state index contributed by atoms with van der Waals surface area (Å²) in [6, 6.07) is 3.54. The molecule has 0 aromatic heterocycles. The molecule has 1 aromatic rings. The van der Waals surface area contributed by atoms with Crippen LogP contribution in [-0.2, 0) is 14.9 Å². The van der Waals surface area contributed by atoms with Crippen molar-refractivity contribution < 1.29 is 22.5 Å². The summed E-state index contributed by atoms with van der Waals surface area (Å²) in [6.45, 7) is 2.21. The maximum Gasteiger partial charge on any atom is 0.339 e. The van der Waals surface area contributed by atoms with E-state index in [0.717, 1.165) is 18.9 Å². The maximum absolute atomic E-state index is 11.8. The molecule has 0 aliphatic carbocycles. The molecule has 106 valence electrons. The fraction of sp³-hybridized carbons (Fsp3) is 0.417. The molecule has 0 atom stereocenters. The van der Waals surface area contributed by atoms with E-state index < -0.39 is 21.0 Å². The normalized spacial score (nSPS) is 11.3. The fourth-order valence-electron chi connectivity index (χ4n) is 1.53. The number of nitrogens with two attached hydrogens (primary N) is 1. The summed E-state index contributed by atoms with van der Waals surface area (Å²) in [5, 5.41) is 0. The van der Waals surface area contributed by atoms with Gasteiger partial charge < -0.3 is 10.5 Å². The number of benzene rings is 1. The molecule has 0 saturated carbocycles. The molecular weight excluding hydrogens is 270 g/mol. The third-order valence-electron chi connectivity index (χ3n) is 2.48. The van der Waals surface area contributed by atoms with E-state index in [1.807, 2.05) is 6.92 Å². The summed E-state index contributed by atoms with van der Waals surface area (Å²) in [6.07, 6.45) is 2.59. The van der Waals surface area contributed by atoms with E-state index in [4.69, 9.17) is 15.0 Å². The van der Waals surface area contributed by atoms with Crippen LogP contribution in [0.1, 0.15) is 36.5 Å². The van der Waals surface area contributed by atoms with E-state index in [9.17, 15) is 13.2 Å². The summed E-state index contributed by atoms with van der Waals surface area (Å²) in [5.74, 6) is -0.809. The molecule has 0 radical (unpaired) electrons. The van der Waals surface area contributed by atoms with Crippen molar-refractivity contribution in [3.8, 4) is 0 Å². The first-order valence-corrected chi connectivity index (χ1v) is 7.34. The van der Waals surface area contributed by atoms with Crippen LogP contribution in [0, 0.1) is 0 Å². The molecule has 0 unspecified atom stereocenters. The molecule has 0 aliphatic heterocycles. The van der Waals surface area contributed by atoms with Crippen molar-refractivity contribution in [2.45, 2.75) is 31.1 Å². The molecule has 0 heterocycles. The van der Waals surface area contributed by atoms with Gasteiger partial charge in [0.05, 0.1) is 12.2 Å². The Morgan fingerprint density at radius 1 is 1.37 bits per heavy atom. The van der Waals surface area contributed by atoms with Crippen LogP contribution >= 0.6 is 0 Å². The Bertz CT molecular complexity index is 553. The number of unbranched alkanes of at least 4 members (excludes halogenated alkanes) is 2. The standard InChI is InChI=1S/C12H17NO5S/c1-2-3-4-7-18-12(14)10-8-9(13)5-6-11(10)19(15,16)17/h5-6,8H,2-4,7,13H2,1H3,(H,15,16,17). The lowest BCUT2D eigenvalue weighted by atomic mass is 10.2. The predicted molar refractivity (Wildman–Crippen MR) is 70.5 cm³/mol. The van der Waals surface area contributed by atoms with E-state index in [1.165, 1.54) is 12.1 Å². The van der Waals surface area contributed by atoms with Crippen LogP contribution in [-0.4, -0.2) is 25.5 Å². The van der Waals surface area contributed by atoms with E-state index in [1.54, 1.807) is 0 Å². The molecule has 0 spiro atoms. The largest absolute Gasteiger partial charge is 0.462 e. The van der Waals surface area contributed by atoms with Crippen LogP contribution in [0.5, 0.6) is 0 Å². The summed E-state index contributed by atoms with van der Waals surface area (Å²) < 4.78 is 36.3. The minimum absolute atomic E-state index is 0.201. The van der Waals surface area contributed by atoms with Gasteiger partial charge in [-0.1, -0.05) is 19.8 Å². The Morgan fingerprint density at radius 2 is 2.05 bits per heavy atom. The van der Waals surface area contributed by atoms with Gasteiger partial charge in [-0.2, -0.15) is 8.42 Å². The smallest absolute Gasteiger partial charge is 0.339 e. The van der Waals surface area contributed by atoms with E-state index in [2.05, 4.69) is 0 Å². The fourth-order valence-corrected chi connectivity index (χ4v) is 2.19. The van der Waals surface area contributed by atoms with Crippen molar-refractivity contribution in [2.24, 2.45) is 0 Å². The van der Waals surface area contributed by atoms with Gasteiger partial charge in [-0.25, -0.2) is 4.79 Å². The molecule has 0 bridgehead atoms. The second-order valence-electron chi connectivity index (χ2n) is 4.07. The number of carbonyl (C=O) groups is 1. The third-order valence-corrected chi connectivity index (χ3v) is 3.39. The lowest BCUT2D eigenvalue weighted by molar-refractivity contribution is 0.0493. The average Bonchev–Trinajstić information content (AvgIpc) is 2.32. The lowest BCUT2D eigenvalue weighted by Gasteiger charge is -2.08. The SMILES string of the molecule is CCCCCOC(=O)c1cc(N)ccc1S(=O)(=O)O. The molecule has 0 saturated heterocycles. The van der Waals surface area contributed by atoms with Gasteiger partial charge >= 0.3 is 5.97 Å². The summed E-state index contributed by atoms with van der Waals surface area (Å²) in [4.78, 5) is 11.3. The van der Waals surface area contributed by atoms with Crippen LogP contribution < -0.4 is 5.73 Å². The highest BCUT2D eigenvalue weighted by molar-refractivity contribution is 7.86. The van der Waals surface area contributed by atoms with E-state index in [0.29, 0.717) is 6.42 Å². The molecule has 1 aromatic carbocycles. The number of rotatable bonds is 6. The second kappa shape index (κ2) is 6.53. The molecule has 7 heteroatoms. The Morgan fingerprint density at radius 3 is 2.63 bits per heavy atom. The zero-order valence-corrected chi connectivity index (χ0v) is 11.4. The summed E-state index contributed by atoms with van der Waals surface area (Å²) in [7, 11) is -4.49. The number of hydrogen-bond donors (Lipinski definition) is 2. The average molecular weight is 287 g/mol. The molecule has 3 N–H and O–H groups in total. The number of nitrogen functional groups attached to an aromatic ring is 1. The van der Waals surface area contributed by atoms with Crippen molar-refractivity contribution in [3.63, 3.8) is 0 Å². The highest BCUT2D eigenvalue weighted by Crippen LogP contribution is 2.19. The van der Waals surface area contributed by atoms with Gasteiger partial charge in [-0.05, 0) is 24.6 Å². The molecule has 0 fully saturated rings. The molecule has 6 nitrogen and oxygen atoms in total. The first kappa shape index (κ1) is 15.5. The third kappa shape index (κ3) is 4.53. The minimum atomic E-state index is -4.49. The zero-order chi connectivity index (χ0) is 14.5. The summed E-state index contributed by atoms with van der Waals surface area (Å²) in [5.41, 5.74) is 5.47. The number of ether oxygens (including phenoxy) is 1. The van der Waals surface area contributed by atoms with Gasteiger partial charge in [0.15, 0.2) is 0 Å². The Labute approximate surface area is 112 Å². The molecule has 19 heavy (non-hydrogen) atoms. The van der Waals surface area contributed by atoms with Crippen LogP contribution in [0.2, 0.25) is 0 Å². The van der Waals surface area contributed by atoms with Gasteiger partial charge in [0, 0.05) is 5.69 Å². The van der Waals surface area contributed by atoms with Gasteiger partial charge in [-0.15, -0.1) is 0 Å². The van der Waals surface area contributed by atoms with Crippen molar-refractivity contribution in [1.82, 2.24) is 0 Å². The molecule has 0 aliphatic rings. The topological polar surface area (TPSA) is 107 Å².